The Labute approximate surface area is 90.8 Å². The van der Waals surface area contributed by atoms with Crippen LogP contribution in [0.25, 0.3) is 0 Å². The fourth-order valence-corrected chi connectivity index (χ4v) is 1.57. The van der Waals surface area contributed by atoms with Gasteiger partial charge in [0.1, 0.15) is 0 Å². The molecule has 0 amide bonds. The first-order valence-electron chi connectivity index (χ1n) is 4.35. The number of rotatable bonds is 4. The summed E-state index contributed by atoms with van der Waals surface area (Å²) in [6.45, 7) is 0. The fraction of sp³-hybridized carbons (Fsp3) is 0.273. The average molecular weight is 261 g/mol. The number of halogens is 3. The van der Waals surface area contributed by atoms with Gasteiger partial charge in [0.2, 0.25) is 0 Å². The summed E-state index contributed by atoms with van der Waals surface area (Å²) in [7, 11) is 0. The number of aryl methyl sites for hydroxylation is 1. The third kappa shape index (κ3) is 3.58. The summed E-state index contributed by atoms with van der Waals surface area (Å²) in [5, 5.41) is 0. The van der Waals surface area contributed by atoms with Gasteiger partial charge < -0.3 is 0 Å². The lowest BCUT2D eigenvalue weighted by molar-refractivity contribution is 0.185. The molecule has 0 saturated heterocycles. The van der Waals surface area contributed by atoms with E-state index in [1.54, 1.807) is 0 Å². The maximum Gasteiger partial charge on any atom is 0.260 e. The molecule has 3 heteroatoms. The highest BCUT2D eigenvalue weighted by Gasteiger charge is 2.09. The molecule has 0 aromatic heterocycles. The quantitative estimate of drug-likeness (QED) is 0.763. The zero-order chi connectivity index (χ0) is 10.4. The van der Waals surface area contributed by atoms with E-state index in [0.29, 0.717) is 12.8 Å². The maximum absolute atomic E-state index is 12.3. The third-order valence-corrected chi connectivity index (χ3v) is 2.55. The van der Waals surface area contributed by atoms with Gasteiger partial charge in [-0.25, -0.2) is 8.78 Å². The molecule has 0 aliphatic heterocycles. The van der Waals surface area contributed by atoms with Gasteiger partial charge in [-0.2, -0.15) is 0 Å². The Hall–Kier alpha value is -0.700. The van der Waals surface area contributed by atoms with Crippen LogP contribution in [0.2, 0.25) is 0 Å². The van der Waals surface area contributed by atoms with Crippen molar-refractivity contribution in [2.75, 3.05) is 0 Å². The van der Waals surface area contributed by atoms with Gasteiger partial charge in [0.05, 0.1) is 0 Å². The molecule has 0 fully saturated rings. The highest BCUT2D eigenvalue weighted by molar-refractivity contribution is 9.11. The van der Waals surface area contributed by atoms with Gasteiger partial charge in [-0.3, -0.25) is 0 Å². The van der Waals surface area contributed by atoms with E-state index in [1.165, 1.54) is 4.99 Å². The van der Waals surface area contributed by atoms with Crippen LogP contribution >= 0.6 is 15.9 Å². The SMILES string of the molecule is FC(F)C(=CBr)CCc1ccccc1. The second kappa shape index (κ2) is 5.91. The summed E-state index contributed by atoms with van der Waals surface area (Å²) in [5.74, 6) is 0. The van der Waals surface area contributed by atoms with Gasteiger partial charge in [-0.1, -0.05) is 46.3 Å². The van der Waals surface area contributed by atoms with Gasteiger partial charge in [-0.15, -0.1) is 0 Å². The summed E-state index contributed by atoms with van der Waals surface area (Å²) < 4.78 is 24.6. The first kappa shape index (κ1) is 11.4. The molecule has 0 saturated carbocycles. The van der Waals surface area contributed by atoms with E-state index in [0.717, 1.165) is 5.56 Å². The first-order valence-corrected chi connectivity index (χ1v) is 5.27. The molecule has 0 unspecified atom stereocenters. The zero-order valence-corrected chi connectivity index (χ0v) is 9.18. The Balaban J connectivity index is 2.48. The molecular weight excluding hydrogens is 250 g/mol. The second-order valence-corrected chi connectivity index (χ2v) is 3.43. The van der Waals surface area contributed by atoms with Crippen molar-refractivity contribution in [3.05, 3.63) is 46.5 Å². The van der Waals surface area contributed by atoms with Gasteiger partial charge in [-0.05, 0) is 23.4 Å². The zero-order valence-electron chi connectivity index (χ0n) is 7.59. The van der Waals surface area contributed by atoms with E-state index < -0.39 is 6.43 Å². The fourth-order valence-electron chi connectivity index (χ4n) is 1.14. The van der Waals surface area contributed by atoms with Crippen LogP contribution in [0, 0.1) is 0 Å². The minimum absolute atomic E-state index is 0.147. The Morgan fingerprint density at radius 2 is 1.93 bits per heavy atom. The summed E-state index contributed by atoms with van der Waals surface area (Å²) in [6, 6.07) is 9.62. The van der Waals surface area contributed by atoms with Gasteiger partial charge in [0.25, 0.3) is 6.43 Å². The van der Waals surface area contributed by atoms with Crippen LogP contribution in [0.3, 0.4) is 0 Å². The lowest BCUT2D eigenvalue weighted by atomic mass is 10.1. The van der Waals surface area contributed by atoms with Crippen molar-refractivity contribution in [3.8, 4) is 0 Å². The van der Waals surface area contributed by atoms with Crippen molar-refractivity contribution in [1.29, 1.82) is 0 Å². The highest BCUT2D eigenvalue weighted by atomic mass is 79.9. The molecular formula is C11H11BrF2. The predicted molar refractivity (Wildman–Crippen MR) is 57.8 cm³/mol. The molecule has 0 nitrogen and oxygen atoms in total. The van der Waals surface area contributed by atoms with E-state index >= 15 is 0 Å². The number of hydrogen-bond donors (Lipinski definition) is 0. The van der Waals surface area contributed by atoms with Crippen LogP contribution < -0.4 is 0 Å². The molecule has 0 heterocycles. The summed E-state index contributed by atoms with van der Waals surface area (Å²) in [4.78, 5) is 1.32. The molecule has 14 heavy (non-hydrogen) atoms. The number of hydrogen-bond acceptors (Lipinski definition) is 0. The minimum Gasteiger partial charge on any atom is -0.205 e. The molecule has 1 aromatic rings. The Kier molecular flexibility index (Phi) is 4.80. The molecule has 0 N–H and O–H groups in total. The van der Waals surface area contributed by atoms with Crippen molar-refractivity contribution in [3.63, 3.8) is 0 Å². The van der Waals surface area contributed by atoms with E-state index in [1.807, 2.05) is 30.3 Å². The van der Waals surface area contributed by atoms with Crippen molar-refractivity contribution >= 4 is 15.9 Å². The third-order valence-electron chi connectivity index (χ3n) is 1.97. The highest BCUT2D eigenvalue weighted by Crippen LogP contribution is 2.17. The lowest BCUT2D eigenvalue weighted by Crippen LogP contribution is -1.98. The van der Waals surface area contributed by atoms with Gasteiger partial charge in [0.15, 0.2) is 0 Å². The molecule has 0 spiro atoms. The van der Waals surface area contributed by atoms with Crippen LogP contribution in [0.1, 0.15) is 12.0 Å². The summed E-state index contributed by atoms with van der Waals surface area (Å²) in [5.41, 5.74) is 1.23. The smallest absolute Gasteiger partial charge is 0.205 e. The van der Waals surface area contributed by atoms with E-state index in [4.69, 9.17) is 0 Å². The topological polar surface area (TPSA) is 0 Å². The molecule has 76 valence electrons. The second-order valence-electron chi connectivity index (χ2n) is 2.97. The Morgan fingerprint density at radius 1 is 1.29 bits per heavy atom. The molecule has 0 radical (unpaired) electrons. The molecule has 1 rings (SSSR count). The van der Waals surface area contributed by atoms with Gasteiger partial charge >= 0.3 is 0 Å². The molecule has 0 atom stereocenters. The average Bonchev–Trinajstić information content (AvgIpc) is 2.20. The standard InChI is InChI=1S/C11H11BrF2/c12-8-10(11(13)14)7-6-9-4-2-1-3-5-9/h1-5,8,11H,6-7H2. The number of allylic oxidation sites excluding steroid dienone is 1. The van der Waals surface area contributed by atoms with E-state index in [-0.39, 0.29) is 5.57 Å². The molecule has 0 aliphatic carbocycles. The van der Waals surface area contributed by atoms with Gasteiger partial charge in [0, 0.05) is 5.57 Å². The van der Waals surface area contributed by atoms with Crippen molar-refractivity contribution in [1.82, 2.24) is 0 Å². The van der Waals surface area contributed by atoms with Crippen LogP contribution in [-0.2, 0) is 6.42 Å². The monoisotopic (exact) mass is 260 g/mol. The normalized spacial score (nSPS) is 12.1. The van der Waals surface area contributed by atoms with Crippen molar-refractivity contribution in [2.45, 2.75) is 19.3 Å². The van der Waals surface area contributed by atoms with E-state index in [9.17, 15) is 8.78 Å². The summed E-state index contributed by atoms with van der Waals surface area (Å²) >= 11 is 2.95. The van der Waals surface area contributed by atoms with Crippen LogP contribution in [0.4, 0.5) is 8.78 Å². The van der Waals surface area contributed by atoms with E-state index in [2.05, 4.69) is 15.9 Å². The summed E-state index contributed by atoms with van der Waals surface area (Å²) in [6.07, 6.45) is -1.31. The number of benzene rings is 1. The Bertz CT molecular complexity index is 293. The lowest BCUT2D eigenvalue weighted by Gasteiger charge is -2.04. The predicted octanol–water partition coefficient (Wildman–Crippen LogP) is 4.16. The van der Waals surface area contributed by atoms with Crippen LogP contribution in [0.5, 0.6) is 0 Å². The van der Waals surface area contributed by atoms with Crippen molar-refractivity contribution < 1.29 is 8.78 Å². The van der Waals surface area contributed by atoms with Crippen LogP contribution in [-0.4, -0.2) is 6.43 Å². The first-order chi connectivity index (χ1) is 6.74. The van der Waals surface area contributed by atoms with Crippen molar-refractivity contribution in [2.24, 2.45) is 0 Å². The van der Waals surface area contributed by atoms with Crippen LogP contribution in [0.15, 0.2) is 40.9 Å². The molecule has 0 aliphatic rings. The number of alkyl halides is 2. The Morgan fingerprint density at radius 3 is 2.43 bits per heavy atom. The molecule has 0 bridgehead atoms. The minimum atomic E-state index is -2.36. The maximum atomic E-state index is 12.3. The molecule has 1 aromatic carbocycles. The largest absolute Gasteiger partial charge is 0.260 e.